The van der Waals surface area contributed by atoms with Crippen molar-refractivity contribution in [1.29, 1.82) is 0 Å². The number of nitrogens with zero attached hydrogens (tertiary/aromatic N) is 1. The molecule has 16 heavy (non-hydrogen) atoms. The molecule has 0 aromatic carbocycles. The minimum atomic E-state index is 0.0596. The molecule has 0 aromatic heterocycles. The molecule has 0 saturated carbocycles. The number of hydrogen-bond donors (Lipinski definition) is 1. The molecule has 0 radical (unpaired) electrons. The summed E-state index contributed by atoms with van der Waals surface area (Å²) < 4.78 is 5.45. The number of amides is 1. The van der Waals surface area contributed by atoms with Crippen molar-refractivity contribution in [3.05, 3.63) is 0 Å². The molecule has 2 atom stereocenters. The zero-order chi connectivity index (χ0) is 12.0. The first-order valence-electron chi connectivity index (χ1n) is 6.31. The minimum absolute atomic E-state index is 0.0596. The fourth-order valence-corrected chi connectivity index (χ4v) is 2.17. The largest absolute Gasteiger partial charge is 0.378 e. The maximum absolute atomic E-state index is 12.3. The summed E-state index contributed by atoms with van der Waals surface area (Å²) >= 11 is 0. The van der Waals surface area contributed by atoms with Crippen molar-refractivity contribution in [2.75, 3.05) is 26.2 Å². The summed E-state index contributed by atoms with van der Waals surface area (Å²) in [7, 11) is 0. The molecule has 1 rings (SSSR count). The summed E-state index contributed by atoms with van der Waals surface area (Å²) in [6.07, 6.45) is 2.82. The summed E-state index contributed by atoms with van der Waals surface area (Å²) in [5.41, 5.74) is 5.49. The molecule has 1 aliphatic rings. The van der Waals surface area contributed by atoms with Crippen molar-refractivity contribution >= 4 is 5.91 Å². The quantitative estimate of drug-likeness (QED) is 0.738. The first kappa shape index (κ1) is 13.5. The van der Waals surface area contributed by atoms with Crippen LogP contribution in [0.1, 0.15) is 33.1 Å². The number of carbonyl (C=O) groups excluding carboxylic acids is 1. The van der Waals surface area contributed by atoms with Crippen molar-refractivity contribution in [1.82, 2.24) is 4.90 Å². The van der Waals surface area contributed by atoms with Gasteiger partial charge in [-0.25, -0.2) is 0 Å². The van der Waals surface area contributed by atoms with E-state index in [0.717, 1.165) is 32.4 Å². The Hall–Kier alpha value is -0.610. The summed E-state index contributed by atoms with van der Waals surface area (Å²) in [5.74, 6) is 0.310. The SMILES string of the molecule is CCCN(CCCN)C(=O)C1CCOC1C. The van der Waals surface area contributed by atoms with Gasteiger partial charge in [0.2, 0.25) is 5.91 Å². The molecular weight excluding hydrogens is 204 g/mol. The second kappa shape index (κ2) is 6.86. The third-order valence-corrected chi connectivity index (χ3v) is 3.13. The van der Waals surface area contributed by atoms with E-state index in [0.29, 0.717) is 13.2 Å². The second-order valence-electron chi connectivity index (χ2n) is 4.44. The van der Waals surface area contributed by atoms with E-state index in [1.807, 2.05) is 11.8 Å². The Kier molecular flexibility index (Phi) is 5.77. The van der Waals surface area contributed by atoms with Crippen molar-refractivity contribution in [3.8, 4) is 0 Å². The van der Waals surface area contributed by atoms with Gasteiger partial charge in [-0.05, 0) is 32.7 Å². The van der Waals surface area contributed by atoms with Crippen LogP contribution in [0, 0.1) is 5.92 Å². The second-order valence-corrected chi connectivity index (χ2v) is 4.44. The average molecular weight is 228 g/mol. The highest BCUT2D eigenvalue weighted by atomic mass is 16.5. The van der Waals surface area contributed by atoms with Crippen molar-refractivity contribution in [3.63, 3.8) is 0 Å². The Morgan fingerprint density at radius 3 is 2.75 bits per heavy atom. The van der Waals surface area contributed by atoms with Crippen LogP contribution in [0.5, 0.6) is 0 Å². The van der Waals surface area contributed by atoms with Crippen LogP contribution < -0.4 is 5.73 Å². The summed E-state index contributed by atoms with van der Waals surface area (Å²) in [6, 6.07) is 0. The zero-order valence-electron chi connectivity index (χ0n) is 10.4. The monoisotopic (exact) mass is 228 g/mol. The maximum Gasteiger partial charge on any atom is 0.228 e. The van der Waals surface area contributed by atoms with Crippen LogP contribution >= 0.6 is 0 Å². The molecule has 0 aromatic rings. The van der Waals surface area contributed by atoms with Crippen molar-refractivity contribution in [2.24, 2.45) is 11.7 Å². The Bertz CT molecular complexity index is 221. The topological polar surface area (TPSA) is 55.6 Å². The van der Waals surface area contributed by atoms with Gasteiger partial charge in [0, 0.05) is 19.7 Å². The Morgan fingerprint density at radius 1 is 1.50 bits per heavy atom. The minimum Gasteiger partial charge on any atom is -0.378 e. The molecule has 1 amide bonds. The van der Waals surface area contributed by atoms with Gasteiger partial charge in [-0.2, -0.15) is 0 Å². The van der Waals surface area contributed by atoms with Gasteiger partial charge >= 0.3 is 0 Å². The van der Waals surface area contributed by atoms with E-state index >= 15 is 0 Å². The molecular formula is C12H24N2O2. The smallest absolute Gasteiger partial charge is 0.228 e. The van der Waals surface area contributed by atoms with Gasteiger partial charge in [-0.15, -0.1) is 0 Å². The lowest BCUT2D eigenvalue weighted by atomic mass is 10.0. The lowest BCUT2D eigenvalue weighted by Crippen LogP contribution is -2.40. The van der Waals surface area contributed by atoms with E-state index in [4.69, 9.17) is 10.5 Å². The number of nitrogens with two attached hydrogens (primary N) is 1. The van der Waals surface area contributed by atoms with Gasteiger partial charge in [0.05, 0.1) is 12.0 Å². The molecule has 1 heterocycles. The van der Waals surface area contributed by atoms with Crippen molar-refractivity contribution < 1.29 is 9.53 Å². The highest BCUT2D eigenvalue weighted by molar-refractivity contribution is 5.79. The van der Waals surface area contributed by atoms with Crippen LogP contribution in [0.4, 0.5) is 0 Å². The van der Waals surface area contributed by atoms with E-state index in [2.05, 4.69) is 6.92 Å². The van der Waals surface area contributed by atoms with E-state index in [9.17, 15) is 4.79 Å². The average Bonchev–Trinajstić information content (AvgIpc) is 2.69. The van der Waals surface area contributed by atoms with Gasteiger partial charge in [0.15, 0.2) is 0 Å². The highest BCUT2D eigenvalue weighted by Gasteiger charge is 2.33. The summed E-state index contributed by atoms with van der Waals surface area (Å²) in [5, 5.41) is 0. The third-order valence-electron chi connectivity index (χ3n) is 3.13. The first-order valence-corrected chi connectivity index (χ1v) is 6.31. The lowest BCUT2D eigenvalue weighted by molar-refractivity contribution is -0.137. The Labute approximate surface area is 98.1 Å². The molecule has 1 fully saturated rings. The van der Waals surface area contributed by atoms with Crippen LogP contribution in [0.25, 0.3) is 0 Å². The normalized spacial score (nSPS) is 24.7. The van der Waals surface area contributed by atoms with E-state index in [1.54, 1.807) is 0 Å². The molecule has 4 nitrogen and oxygen atoms in total. The zero-order valence-corrected chi connectivity index (χ0v) is 10.4. The van der Waals surface area contributed by atoms with Crippen LogP contribution in [0.3, 0.4) is 0 Å². The molecule has 4 heteroatoms. The van der Waals surface area contributed by atoms with E-state index < -0.39 is 0 Å². The Morgan fingerprint density at radius 2 is 2.25 bits per heavy atom. The molecule has 94 valence electrons. The number of ether oxygens (including phenoxy) is 1. The van der Waals surface area contributed by atoms with Crippen LogP contribution in [-0.2, 0) is 9.53 Å². The molecule has 2 unspecified atom stereocenters. The van der Waals surface area contributed by atoms with Gasteiger partial charge in [-0.3, -0.25) is 4.79 Å². The van der Waals surface area contributed by atoms with Gasteiger partial charge in [-0.1, -0.05) is 6.92 Å². The molecule has 0 spiro atoms. The first-order chi connectivity index (χ1) is 7.70. The molecule has 0 bridgehead atoms. The predicted molar refractivity (Wildman–Crippen MR) is 64.1 cm³/mol. The fourth-order valence-electron chi connectivity index (χ4n) is 2.17. The molecule has 2 N–H and O–H groups in total. The van der Waals surface area contributed by atoms with Gasteiger partial charge in [0.1, 0.15) is 0 Å². The third kappa shape index (κ3) is 3.46. The standard InChI is InChI=1S/C12H24N2O2/c1-3-7-14(8-4-6-13)12(15)11-5-9-16-10(11)2/h10-11H,3-9,13H2,1-2H3. The lowest BCUT2D eigenvalue weighted by Gasteiger charge is -2.26. The number of carbonyl (C=O) groups is 1. The van der Waals surface area contributed by atoms with E-state index in [1.165, 1.54) is 0 Å². The molecule has 0 aliphatic carbocycles. The molecule has 1 aliphatic heterocycles. The summed E-state index contributed by atoms with van der Waals surface area (Å²) in [6.45, 7) is 7.06. The highest BCUT2D eigenvalue weighted by Crippen LogP contribution is 2.22. The number of hydrogen-bond acceptors (Lipinski definition) is 3. The number of rotatable bonds is 6. The fraction of sp³-hybridized carbons (Fsp3) is 0.917. The van der Waals surface area contributed by atoms with Gasteiger partial charge < -0.3 is 15.4 Å². The van der Waals surface area contributed by atoms with Crippen LogP contribution in [0.2, 0.25) is 0 Å². The Balaban J connectivity index is 2.51. The van der Waals surface area contributed by atoms with Crippen LogP contribution in [-0.4, -0.2) is 43.2 Å². The predicted octanol–water partition coefficient (Wildman–Crippen LogP) is 0.999. The molecule has 1 saturated heterocycles. The van der Waals surface area contributed by atoms with Gasteiger partial charge in [0.25, 0.3) is 0 Å². The van der Waals surface area contributed by atoms with Crippen molar-refractivity contribution in [2.45, 2.75) is 39.2 Å². The van der Waals surface area contributed by atoms with E-state index in [-0.39, 0.29) is 17.9 Å². The maximum atomic E-state index is 12.3. The summed E-state index contributed by atoms with van der Waals surface area (Å²) in [4.78, 5) is 14.2. The van der Waals surface area contributed by atoms with Crippen LogP contribution in [0.15, 0.2) is 0 Å².